The lowest BCUT2D eigenvalue weighted by Gasteiger charge is -2.01. The highest BCUT2D eigenvalue weighted by Gasteiger charge is 2.12. The summed E-state index contributed by atoms with van der Waals surface area (Å²) in [6, 6.07) is 5.68. The molecule has 4 heteroatoms. The minimum absolute atomic E-state index is 0.427. The van der Waals surface area contributed by atoms with Crippen LogP contribution in [0.2, 0.25) is 5.02 Å². The molecule has 1 aromatic carbocycles. The minimum Gasteiger partial charge on any atom is -0.234 e. The molecule has 0 saturated carbocycles. The van der Waals surface area contributed by atoms with Crippen LogP contribution in [0, 0.1) is 6.92 Å². The van der Waals surface area contributed by atoms with E-state index in [2.05, 4.69) is 16.9 Å². The summed E-state index contributed by atoms with van der Waals surface area (Å²) in [5, 5.41) is 2.00. The zero-order chi connectivity index (χ0) is 10.8. The summed E-state index contributed by atoms with van der Waals surface area (Å²) in [6.45, 7) is 4.10. The van der Waals surface area contributed by atoms with Crippen LogP contribution < -0.4 is 0 Å². The second-order valence-electron chi connectivity index (χ2n) is 3.43. The van der Waals surface area contributed by atoms with E-state index in [1.165, 1.54) is 0 Å². The van der Waals surface area contributed by atoms with E-state index < -0.39 is 0 Å². The van der Waals surface area contributed by atoms with Crippen molar-refractivity contribution in [3.63, 3.8) is 0 Å². The lowest BCUT2D eigenvalue weighted by Crippen LogP contribution is -1.89. The van der Waals surface area contributed by atoms with E-state index in [4.69, 9.17) is 11.6 Å². The Balaban J connectivity index is 2.28. The van der Waals surface area contributed by atoms with Crippen LogP contribution in [0.25, 0.3) is 0 Å². The maximum Gasteiger partial charge on any atom is 0.188 e. The molecule has 2 rings (SSSR count). The van der Waals surface area contributed by atoms with Gasteiger partial charge in [0.2, 0.25) is 0 Å². The molecule has 1 aliphatic rings. The number of aryl methyl sites for hydroxylation is 1. The molecule has 0 saturated heterocycles. The summed E-state index contributed by atoms with van der Waals surface area (Å²) in [6.07, 6.45) is 1.91. The summed E-state index contributed by atoms with van der Waals surface area (Å²) >= 11 is 7.54. The maximum absolute atomic E-state index is 5.87. The number of nitrogens with zero attached hydrogens (tertiary/aromatic N) is 2. The Morgan fingerprint density at radius 1 is 1.47 bits per heavy atom. The first-order valence-corrected chi connectivity index (χ1v) is 5.96. The van der Waals surface area contributed by atoms with E-state index in [9.17, 15) is 0 Å². The fourth-order valence-corrected chi connectivity index (χ4v) is 2.25. The van der Waals surface area contributed by atoms with Gasteiger partial charge in [-0.2, -0.15) is 0 Å². The van der Waals surface area contributed by atoms with Gasteiger partial charge in [0.05, 0.1) is 5.69 Å². The topological polar surface area (TPSA) is 24.7 Å². The van der Waals surface area contributed by atoms with Gasteiger partial charge in [-0.25, -0.2) is 9.98 Å². The number of rotatable bonds is 1. The predicted molar refractivity (Wildman–Crippen MR) is 68.8 cm³/mol. The van der Waals surface area contributed by atoms with E-state index in [-0.39, 0.29) is 0 Å². The van der Waals surface area contributed by atoms with Gasteiger partial charge in [-0.1, -0.05) is 23.4 Å². The first-order valence-electron chi connectivity index (χ1n) is 4.71. The Labute approximate surface area is 98.5 Å². The molecule has 2 nitrogen and oxygen atoms in total. The molecule has 1 aromatic rings. The lowest BCUT2D eigenvalue weighted by molar-refractivity contribution is 1.37. The largest absolute Gasteiger partial charge is 0.234 e. The summed E-state index contributed by atoms with van der Waals surface area (Å²) in [5.41, 5.74) is 2.01. The molecule has 1 atom stereocenters. The van der Waals surface area contributed by atoms with E-state index >= 15 is 0 Å². The average molecular weight is 239 g/mol. The molecule has 0 fully saturated rings. The van der Waals surface area contributed by atoms with Gasteiger partial charge in [0.1, 0.15) is 0 Å². The van der Waals surface area contributed by atoms with E-state index in [0.717, 1.165) is 21.4 Å². The van der Waals surface area contributed by atoms with Gasteiger partial charge in [0.25, 0.3) is 0 Å². The highest BCUT2D eigenvalue weighted by atomic mass is 35.5. The van der Waals surface area contributed by atoms with Crippen LogP contribution in [-0.2, 0) is 0 Å². The van der Waals surface area contributed by atoms with E-state index in [1.807, 2.05) is 31.3 Å². The fraction of sp³-hybridized carbons (Fsp3) is 0.273. The first kappa shape index (κ1) is 10.7. The number of benzene rings is 1. The summed E-state index contributed by atoms with van der Waals surface area (Å²) < 4.78 is 0. The molecule has 1 aliphatic heterocycles. The molecular formula is C11H11ClN2S. The van der Waals surface area contributed by atoms with Crippen molar-refractivity contribution in [2.24, 2.45) is 9.98 Å². The zero-order valence-corrected chi connectivity index (χ0v) is 10.1. The zero-order valence-electron chi connectivity index (χ0n) is 8.57. The van der Waals surface area contributed by atoms with Crippen LogP contribution in [-0.4, -0.2) is 16.6 Å². The third-order valence-corrected chi connectivity index (χ3v) is 3.20. The molecule has 1 heterocycles. The fourth-order valence-electron chi connectivity index (χ4n) is 1.30. The van der Waals surface area contributed by atoms with E-state index in [1.54, 1.807) is 11.8 Å². The molecule has 0 amide bonds. The van der Waals surface area contributed by atoms with Crippen molar-refractivity contribution < 1.29 is 0 Å². The molecule has 0 aromatic heterocycles. The Morgan fingerprint density at radius 3 is 2.87 bits per heavy atom. The molecule has 78 valence electrons. The Kier molecular flexibility index (Phi) is 3.12. The quantitative estimate of drug-likeness (QED) is 0.730. The number of amidine groups is 1. The summed E-state index contributed by atoms with van der Waals surface area (Å²) in [7, 11) is 0. The average Bonchev–Trinajstić information content (AvgIpc) is 2.56. The number of hydrogen-bond donors (Lipinski definition) is 0. The minimum atomic E-state index is 0.427. The van der Waals surface area contributed by atoms with Crippen molar-refractivity contribution in [1.82, 2.24) is 0 Å². The summed E-state index contributed by atoms with van der Waals surface area (Å²) in [5.74, 6) is 0. The van der Waals surface area contributed by atoms with Crippen LogP contribution in [0.4, 0.5) is 5.69 Å². The van der Waals surface area contributed by atoms with Gasteiger partial charge < -0.3 is 0 Å². The highest BCUT2D eigenvalue weighted by Crippen LogP contribution is 2.26. The lowest BCUT2D eigenvalue weighted by atomic mass is 10.2. The molecule has 0 radical (unpaired) electrons. The monoisotopic (exact) mass is 238 g/mol. The third-order valence-electron chi connectivity index (χ3n) is 2.06. The Morgan fingerprint density at radius 2 is 2.27 bits per heavy atom. The van der Waals surface area contributed by atoms with E-state index in [0.29, 0.717) is 5.25 Å². The molecule has 15 heavy (non-hydrogen) atoms. The number of aliphatic imine (C=N–C) groups is 2. The van der Waals surface area contributed by atoms with Crippen molar-refractivity contribution in [3.8, 4) is 0 Å². The summed E-state index contributed by atoms with van der Waals surface area (Å²) in [4.78, 5) is 8.70. The highest BCUT2D eigenvalue weighted by molar-refractivity contribution is 8.15. The molecule has 0 aliphatic carbocycles. The van der Waals surface area contributed by atoms with Crippen molar-refractivity contribution >= 4 is 40.4 Å². The van der Waals surface area contributed by atoms with Gasteiger partial charge in [-0.15, -0.1) is 0 Å². The van der Waals surface area contributed by atoms with Crippen LogP contribution in [0.3, 0.4) is 0 Å². The molecule has 1 unspecified atom stereocenters. The number of hydrogen-bond acceptors (Lipinski definition) is 2. The van der Waals surface area contributed by atoms with Gasteiger partial charge >= 0.3 is 0 Å². The predicted octanol–water partition coefficient (Wildman–Crippen LogP) is 3.84. The van der Waals surface area contributed by atoms with Gasteiger partial charge in [0.15, 0.2) is 5.17 Å². The van der Waals surface area contributed by atoms with Gasteiger partial charge in [-0.3, -0.25) is 0 Å². The van der Waals surface area contributed by atoms with Crippen LogP contribution >= 0.6 is 23.4 Å². The van der Waals surface area contributed by atoms with Crippen LogP contribution in [0.1, 0.15) is 12.5 Å². The maximum atomic E-state index is 5.87. The van der Waals surface area contributed by atoms with Crippen molar-refractivity contribution in [3.05, 3.63) is 28.8 Å². The van der Waals surface area contributed by atoms with Crippen molar-refractivity contribution in [2.45, 2.75) is 19.1 Å². The standard InChI is InChI=1S/C11H11ClN2S/c1-7-5-9(12)3-4-10(7)14-11-13-6-8(2)15-11/h3-6,8H,1-2H3. The molecule has 0 N–H and O–H groups in total. The first-order chi connectivity index (χ1) is 7.15. The van der Waals surface area contributed by atoms with Gasteiger partial charge in [-0.05, 0) is 37.6 Å². The Hall–Kier alpha value is -0.800. The second-order valence-corrected chi connectivity index (χ2v) is 5.21. The second kappa shape index (κ2) is 4.37. The van der Waals surface area contributed by atoms with Gasteiger partial charge in [0, 0.05) is 16.5 Å². The Bertz CT molecular complexity index is 440. The van der Waals surface area contributed by atoms with Crippen molar-refractivity contribution in [1.29, 1.82) is 0 Å². The van der Waals surface area contributed by atoms with Crippen molar-refractivity contribution in [2.75, 3.05) is 0 Å². The third kappa shape index (κ3) is 2.61. The molecular weight excluding hydrogens is 228 g/mol. The van der Waals surface area contributed by atoms with Crippen LogP contribution in [0.5, 0.6) is 0 Å². The SMILES string of the molecule is Cc1cc(Cl)ccc1N=C1N=CC(C)S1. The smallest absolute Gasteiger partial charge is 0.188 e. The number of halogens is 1. The normalized spacial score (nSPS) is 22.6. The van der Waals surface area contributed by atoms with Crippen LogP contribution in [0.15, 0.2) is 28.2 Å². The molecule has 0 bridgehead atoms. The number of thioether (sulfide) groups is 1. The molecule has 0 spiro atoms.